The van der Waals surface area contributed by atoms with Crippen molar-refractivity contribution in [3.05, 3.63) is 70.9 Å². The maximum atomic E-state index is 12.3. The van der Waals surface area contributed by atoms with Crippen LogP contribution in [0, 0.1) is 0 Å². The summed E-state index contributed by atoms with van der Waals surface area (Å²) < 4.78 is 7.15. The Morgan fingerprint density at radius 2 is 2.04 bits per heavy atom. The third-order valence-electron chi connectivity index (χ3n) is 4.58. The Morgan fingerprint density at radius 1 is 1.26 bits per heavy atom. The molecule has 6 nitrogen and oxygen atoms in total. The number of fused-ring (bicyclic) bond motifs is 1. The number of hydrogen-bond donors (Lipinski definition) is 2. The first-order valence-electron chi connectivity index (χ1n) is 8.64. The highest BCUT2D eigenvalue weighted by atomic mass is 35.5. The minimum atomic E-state index is -0.149. The van der Waals surface area contributed by atoms with Crippen molar-refractivity contribution in [2.75, 3.05) is 13.7 Å². The standard InChI is InChI=1S/C20H19ClN4O2/c1-27-18-5-3-2-4-14(18)11-22-19-12-23-20(26)17-10-16(24-25(17)19)13-6-8-15(21)9-7-13/h2-10,19,22H,11-12H2,1H3,(H,23,26). The zero-order valence-electron chi connectivity index (χ0n) is 14.8. The van der Waals surface area contributed by atoms with Gasteiger partial charge in [0.15, 0.2) is 0 Å². The van der Waals surface area contributed by atoms with Crippen molar-refractivity contribution >= 4 is 17.5 Å². The Bertz CT molecular complexity index is 968. The van der Waals surface area contributed by atoms with E-state index in [9.17, 15) is 4.79 Å². The van der Waals surface area contributed by atoms with Crippen molar-refractivity contribution in [2.45, 2.75) is 12.7 Å². The third kappa shape index (κ3) is 3.54. The van der Waals surface area contributed by atoms with Crippen molar-refractivity contribution in [2.24, 2.45) is 0 Å². The van der Waals surface area contributed by atoms with E-state index in [1.165, 1.54) is 0 Å². The molecule has 0 radical (unpaired) electrons. The molecule has 1 atom stereocenters. The molecule has 0 fully saturated rings. The maximum absolute atomic E-state index is 12.3. The molecular weight excluding hydrogens is 364 g/mol. The second kappa shape index (κ2) is 7.42. The number of carbonyl (C=O) groups is 1. The number of hydrogen-bond acceptors (Lipinski definition) is 4. The Balaban J connectivity index is 1.59. The van der Waals surface area contributed by atoms with E-state index in [2.05, 4.69) is 15.7 Å². The number of nitrogens with one attached hydrogen (secondary N) is 2. The summed E-state index contributed by atoms with van der Waals surface area (Å²) in [5.74, 6) is 0.699. The van der Waals surface area contributed by atoms with Crippen molar-refractivity contribution in [1.29, 1.82) is 0 Å². The van der Waals surface area contributed by atoms with Gasteiger partial charge in [0.1, 0.15) is 17.6 Å². The third-order valence-corrected chi connectivity index (χ3v) is 4.83. The smallest absolute Gasteiger partial charge is 0.269 e. The van der Waals surface area contributed by atoms with E-state index in [1.54, 1.807) is 17.9 Å². The summed E-state index contributed by atoms with van der Waals surface area (Å²) in [6.07, 6.45) is -0.149. The highest BCUT2D eigenvalue weighted by Gasteiger charge is 2.27. The summed E-state index contributed by atoms with van der Waals surface area (Å²) in [7, 11) is 1.66. The van der Waals surface area contributed by atoms with Gasteiger partial charge in [-0.1, -0.05) is 41.9 Å². The lowest BCUT2D eigenvalue weighted by molar-refractivity contribution is 0.0900. The summed E-state index contributed by atoms with van der Waals surface area (Å²) in [4.78, 5) is 12.3. The molecule has 1 aromatic heterocycles. The van der Waals surface area contributed by atoms with E-state index in [0.717, 1.165) is 22.6 Å². The molecule has 3 aromatic rings. The van der Waals surface area contributed by atoms with Gasteiger partial charge in [-0.15, -0.1) is 0 Å². The molecular formula is C20H19ClN4O2. The van der Waals surface area contributed by atoms with Gasteiger partial charge in [-0.2, -0.15) is 5.10 Å². The number of ether oxygens (including phenoxy) is 1. The van der Waals surface area contributed by atoms with Crippen molar-refractivity contribution in [1.82, 2.24) is 20.4 Å². The Morgan fingerprint density at radius 3 is 2.81 bits per heavy atom. The van der Waals surface area contributed by atoms with Gasteiger partial charge in [0.2, 0.25) is 0 Å². The molecule has 4 rings (SSSR count). The molecule has 2 heterocycles. The number of aromatic nitrogens is 2. The quantitative estimate of drug-likeness (QED) is 0.710. The molecule has 0 spiro atoms. The fourth-order valence-electron chi connectivity index (χ4n) is 3.17. The first-order valence-corrected chi connectivity index (χ1v) is 9.02. The number of para-hydroxylation sites is 1. The number of amides is 1. The first kappa shape index (κ1) is 17.6. The summed E-state index contributed by atoms with van der Waals surface area (Å²) in [5, 5.41) is 11.7. The van der Waals surface area contributed by atoms with Gasteiger partial charge in [-0.25, -0.2) is 4.68 Å². The number of nitrogens with zero attached hydrogens (tertiary/aromatic N) is 2. The summed E-state index contributed by atoms with van der Waals surface area (Å²) >= 11 is 5.96. The minimum absolute atomic E-state index is 0.127. The second-order valence-corrected chi connectivity index (χ2v) is 6.72. The number of methoxy groups -OCH3 is 1. The zero-order chi connectivity index (χ0) is 18.8. The van der Waals surface area contributed by atoms with E-state index >= 15 is 0 Å². The monoisotopic (exact) mass is 382 g/mol. The average molecular weight is 383 g/mol. The van der Waals surface area contributed by atoms with Gasteiger partial charge in [-0.3, -0.25) is 10.1 Å². The fourth-order valence-corrected chi connectivity index (χ4v) is 3.29. The van der Waals surface area contributed by atoms with Crippen molar-refractivity contribution < 1.29 is 9.53 Å². The Kier molecular flexibility index (Phi) is 4.83. The summed E-state index contributed by atoms with van der Waals surface area (Å²) in [6.45, 7) is 1.06. The zero-order valence-corrected chi connectivity index (χ0v) is 15.5. The molecule has 0 aliphatic carbocycles. The largest absolute Gasteiger partial charge is 0.496 e. The topological polar surface area (TPSA) is 68.2 Å². The van der Waals surface area contributed by atoms with Gasteiger partial charge >= 0.3 is 0 Å². The van der Waals surface area contributed by atoms with Crippen LogP contribution in [0.3, 0.4) is 0 Å². The van der Waals surface area contributed by atoms with E-state index in [1.807, 2.05) is 48.5 Å². The molecule has 2 aromatic carbocycles. The predicted octanol–water partition coefficient (Wildman–Crippen LogP) is 3.24. The number of halogens is 1. The lowest BCUT2D eigenvalue weighted by Gasteiger charge is -2.26. The van der Waals surface area contributed by atoms with Crippen LogP contribution in [-0.2, 0) is 6.54 Å². The van der Waals surface area contributed by atoms with E-state index in [-0.39, 0.29) is 12.1 Å². The Labute approximate surface area is 162 Å². The van der Waals surface area contributed by atoms with Crippen LogP contribution in [0.5, 0.6) is 5.75 Å². The van der Waals surface area contributed by atoms with Crippen LogP contribution in [0.15, 0.2) is 54.6 Å². The second-order valence-electron chi connectivity index (χ2n) is 6.28. The van der Waals surface area contributed by atoms with Crippen LogP contribution in [0.25, 0.3) is 11.3 Å². The summed E-state index contributed by atoms with van der Waals surface area (Å²) in [6, 6.07) is 17.1. The lowest BCUT2D eigenvalue weighted by Crippen LogP contribution is -2.45. The van der Waals surface area contributed by atoms with Crippen LogP contribution in [0.2, 0.25) is 5.02 Å². The van der Waals surface area contributed by atoms with Gasteiger partial charge in [0.25, 0.3) is 5.91 Å². The van der Waals surface area contributed by atoms with E-state index < -0.39 is 0 Å². The predicted molar refractivity (Wildman–Crippen MR) is 104 cm³/mol. The summed E-state index contributed by atoms with van der Waals surface area (Å²) in [5.41, 5.74) is 3.23. The van der Waals surface area contributed by atoms with Crippen LogP contribution in [0.4, 0.5) is 0 Å². The molecule has 1 aliphatic heterocycles. The minimum Gasteiger partial charge on any atom is -0.496 e. The van der Waals surface area contributed by atoms with E-state index in [4.69, 9.17) is 16.3 Å². The number of benzene rings is 2. The molecule has 27 heavy (non-hydrogen) atoms. The average Bonchev–Trinajstić information content (AvgIpc) is 3.15. The molecule has 0 saturated carbocycles. The first-order chi connectivity index (χ1) is 13.2. The molecule has 138 valence electrons. The number of carbonyl (C=O) groups excluding carboxylic acids is 1. The number of rotatable bonds is 5. The van der Waals surface area contributed by atoms with Crippen molar-refractivity contribution in [3.63, 3.8) is 0 Å². The molecule has 2 N–H and O–H groups in total. The normalized spacial score (nSPS) is 15.9. The lowest BCUT2D eigenvalue weighted by atomic mass is 10.1. The van der Waals surface area contributed by atoms with Crippen LogP contribution < -0.4 is 15.4 Å². The highest BCUT2D eigenvalue weighted by Crippen LogP contribution is 2.25. The van der Waals surface area contributed by atoms with Gasteiger partial charge in [0.05, 0.1) is 19.3 Å². The van der Waals surface area contributed by atoms with Crippen LogP contribution >= 0.6 is 11.6 Å². The molecule has 0 saturated heterocycles. The fraction of sp³-hybridized carbons (Fsp3) is 0.200. The molecule has 1 aliphatic rings. The van der Waals surface area contributed by atoms with Crippen molar-refractivity contribution in [3.8, 4) is 17.0 Å². The molecule has 1 unspecified atom stereocenters. The van der Waals surface area contributed by atoms with E-state index in [0.29, 0.717) is 23.8 Å². The molecule has 0 bridgehead atoms. The van der Waals surface area contributed by atoms with Crippen LogP contribution in [0.1, 0.15) is 22.2 Å². The maximum Gasteiger partial charge on any atom is 0.269 e. The Hall–Kier alpha value is -2.83. The highest BCUT2D eigenvalue weighted by molar-refractivity contribution is 6.30. The SMILES string of the molecule is COc1ccccc1CNC1CNC(=O)c2cc(-c3ccc(Cl)cc3)nn21. The van der Waals surface area contributed by atoms with Crippen LogP contribution in [-0.4, -0.2) is 29.3 Å². The van der Waals surface area contributed by atoms with Gasteiger partial charge < -0.3 is 10.1 Å². The van der Waals surface area contributed by atoms with Gasteiger partial charge in [0, 0.05) is 22.7 Å². The molecule has 7 heteroatoms. The molecule has 1 amide bonds. The van der Waals surface area contributed by atoms with Gasteiger partial charge in [-0.05, 0) is 24.3 Å².